The molecule has 32 heavy (non-hydrogen) atoms. The van der Waals surface area contributed by atoms with Crippen LogP contribution in [-0.4, -0.2) is 61.3 Å². The number of hydrogen-bond acceptors (Lipinski definition) is 7. The Kier molecular flexibility index (Phi) is 13.4. The summed E-state index contributed by atoms with van der Waals surface area (Å²) in [6.45, 7) is 4.47. The Morgan fingerprint density at radius 3 is 2.03 bits per heavy atom. The zero-order valence-corrected chi connectivity index (χ0v) is 18.9. The van der Waals surface area contributed by atoms with Crippen LogP contribution in [-0.2, 0) is 19.1 Å². The zero-order valence-electron chi connectivity index (χ0n) is 18.9. The van der Waals surface area contributed by atoms with Gasteiger partial charge in [0.25, 0.3) is 11.8 Å². The maximum atomic E-state index is 12.6. The van der Waals surface area contributed by atoms with Crippen LogP contribution >= 0.6 is 0 Å². The van der Waals surface area contributed by atoms with Crippen molar-refractivity contribution in [1.82, 2.24) is 10.6 Å². The summed E-state index contributed by atoms with van der Waals surface area (Å²) in [4.78, 5) is 48.9. The molecule has 0 radical (unpaired) electrons. The summed E-state index contributed by atoms with van der Waals surface area (Å²) < 4.78 is 10.3. The van der Waals surface area contributed by atoms with Gasteiger partial charge in [-0.05, 0) is 43.5 Å². The van der Waals surface area contributed by atoms with E-state index in [0.29, 0.717) is 18.6 Å². The first-order valence-corrected chi connectivity index (χ1v) is 11.0. The molecule has 178 valence electrons. The van der Waals surface area contributed by atoms with Crippen LogP contribution in [0.5, 0.6) is 0 Å². The van der Waals surface area contributed by atoms with Crippen molar-refractivity contribution < 1.29 is 33.8 Å². The van der Waals surface area contributed by atoms with Crippen molar-refractivity contribution in [3.8, 4) is 0 Å². The van der Waals surface area contributed by atoms with Gasteiger partial charge in [0.05, 0.1) is 19.8 Å². The minimum atomic E-state index is -0.995. The number of aliphatic hydroxyl groups excluding tert-OH is 1. The molecule has 0 aliphatic heterocycles. The Balaban J connectivity index is 2.74. The summed E-state index contributed by atoms with van der Waals surface area (Å²) in [7, 11) is 0. The highest BCUT2D eigenvalue weighted by Crippen LogP contribution is 2.08. The summed E-state index contributed by atoms with van der Waals surface area (Å²) in [5.74, 6) is -1.93. The molecule has 0 fully saturated rings. The van der Waals surface area contributed by atoms with E-state index in [0.717, 1.165) is 19.3 Å². The predicted octanol–water partition coefficient (Wildman–Crippen LogP) is 1.97. The lowest BCUT2D eigenvalue weighted by Crippen LogP contribution is -2.42. The molecule has 0 spiro atoms. The van der Waals surface area contributed by atoms with E-state index in [2.05, 4.69) is 10.6 Å². The Bertz CT molecular complexity index is 734. The molecular weight excluding hydrogens is 416 g/mol. The maximum Gasteiger partial charge on any atom is 0.328 e. The van der Waals surface area contributed by atoms with Gasteiger partial charge in [0.1, 0.15) is 6.04 Å². The average molecular weight is 451 g/mol. The van der Waals surface area contributed by atoms with Crippen LogP contribution in [0.15, 0.2) is 24.3 Å². The van der Waals surface area contributed by atoms with Crippen LogP contribution in [0, 0.1) is 0 Å². The second kappa shape index (κ2) is 15.8. The number of ether oxygens (including phenoxy) is 2. The molecule has 0 aliphatic rings. The zero-order chi connectivity index (χ0) is 23.8. The number of benzene rings is 1. The number of amides is 2. The van der Waals surface area contributed by atoms with Crippen molar-refractivity contribution in [3.63, 3.8) is 0 Å². The first-order valence-electron chi connectivity index (χ1n) is 11.0. The lowest BCUT2D eigenvalue weighted by Gasteiger charge is -2.17. The van der Waals surface area contributed by atoms with Gasteiger partial charge >= 0.3 is 11.9 Å². The van der Waals surface area contributed by atoms with Gasteiger partial charge in [-0.3, -0.25) is 14.4 Å². The molecule has 1 rings (SSSR count). The van der Waals surface area contributed by atoms with E-state index in [1.54, 1.807) is 0 Å². The Labute approximate surface area is 188 Å². The van der Waals surface area contributed by atoms with Crippen molar-refractivity contribution in [3.05, 3.63) is 35.4 Å². The predicted molar refractivity (Wildman–Crippen MR) is 118 cm³/mol. The Hall–Kier alpha value is -2.94. The van der Waals surface area contributed by atoms with Crippen LogP contribution in [0.3, 0.4) is 0 Å². The third-order valence-electron chi connectivity index (χ3n) is 4.54. The fourth-order valence-corrected chi connectivity index (χ4v) is 2.62. The number of nitrogens with one attached hydrogen (secondary N) is 2. The number of carbonyl (C=O) groups excluding carboxylic acids is 4. The van der Waals surface area contributed by atoms with Gasteiger partial charge in [0.2, 0.25) is 0 Å². The smallest absolute Gasteiger partial charge is 0.328 e. The number of rotatable bonds is 15. The molecule has 9 heteroatoms. The highest BCUT2D eigenvalue weighted by atomic mass is 16.5. The summed E-state index contributed by atoms with van der Waals surface area (Å²) in [6.07, 6.45) is 3.25. The van der Waals surface area contributed by atoms with Gasteiger partial charge in [-0.15, -0.1) is 0 Å². The van der Waals surface area contributed by atoms with Gasteiger partial charge in [0, 0.05) is 24.1 Å². The first kappa shape index (κ1) is 27.1. The van der Waals surface area contributed by atoms with E-state index in [-0.39, 0.29) is 44.1 Å². The minimum Gasteiger partial charge on any atom is -0.466 e. The lowest BCUT2D eigenvalue weighted by atomic mass is 10.1. The fourth-order valence-electron chi connectivity index (χ4n) is 2.62. The molecule has 0 saturated carbocycles. The summed E-state index contributed by atoms with van der Waals surface area (Å²) in [5.41, 5.74) is 0.584. The number of unbranched alkanes of at least 4 members (excludes halogenated alkanes) is 2. The molecule has 1 atom stereocenters. The molecule has 1 aromatic carbocycles. The number of carbonyl (C=O) groups is 4. The van der Waals surface area contributed by atoms with E-state index < -0.39 is 23.9 Å². The van der Waals surface area contributed by atoms with Crippen molar-refractivity contribution in [1.29, 1.82) is 0 Å². The van der Waals surface area contributed by atoms with Crippen molar-refractivity contribution in [2.24, 2.45) is 0 Å². The Morgan fingerprint density at radius 2 is 1.47 bits per heavy atom. The standard InChI is InChI=1S/C23H34N2O7/c1-3-5-15-31-20(27)12-11-19(23(30)32-16-6-4-2)25-22(29)18-9-7-17(8-10-18)21(28)24-13-14-26/h7-10,19,26H,3-6,11-16H2,1-2H3,(H,24,28)(H,25,29)/t19-/m0/s1. The lowest BCUT2D eigenvalue weighted by molar-refractivity contribution is -0.147. The summed E-state index contributed by atoms with van der Waals surface area (Å²) in [6, 6.07) is 4.87. The van der Waals surface area contributed by atoms with E-state index in [9.17, 15) is 19.2 Å². The Morgan fingerprint density at radius 1 is 0.906 bits per heavy atom. The topological polar surface area (TPSA) is 131 Å². The number of aliphatic hydroxyl groups is 1. The van der Waals surface area contributed by atoms with Crippen molar-refractivity contribution in [2.45, 2.75) is 58.4 Å². The van der Waals surface area contributed by atoms with Crippen molar-refractivity contribution in [2.75, 3.05) is 26.4 Å². The van der Waals surface area contributed by atoms with Crippen molar-refractivity contribution >= 4 is 23.8 Å². The molecule has 0 bridgehead atoms. The van der Waals surface area contributed by atoms with Crippen LogP contribution < -0.4 is 10.6 Å². The molecule has 9 nitrogen and oxygen atoms in total. The van der Waals surface area contributed by atoms with E-state index in [4.69, 9.17) is 14.6 Å². The molecular formula is C23H34N2O7. The highest BCUT2D eigenvalue weighted by Gasteiger charge is 2.24. The monoisotopic (exact) mass is 450 g/mol. The SMILES string of the molecule is CCCCOC(=O)CC[C@H](NC(=O)c1ccc(C(=O)NCCO)cc1)C(=O)OCCCC. The van der Waals surface area contributed by atoms with Gasteiger partial charge in [-0.25, -0.2) is 4.79 Å². The molecule has 0 aliphatic carbocycles. The van der Waals surface area contributed by atoms with Crippen LogP contribution in [0.1, 0.15) is 73.1 Å². The minimum absolute atomic E-state index is 0.0263. The maximum absolute atomic E-state index is 12.6. The largest absolute Gasteiger partial charge is 0.466 e. The third kappa shape index (κ3) is 10.4. The fraction of sp³-hybridized carbons (Fsp3) is 0.565. The van der Waals surface area contributed by atoms with Gasteiger partial charge < -0.3 is 25.2 Å². The van der Waals surface area contributed by atoms with Crippen LogP contribution in [0.2, 0.25) is 0 Å². The molecule has 0 heterocycles. The average Bonchev–Trinajstić information content (AvgIpc) is 2.80. The molecule has 0 saturated heterocycles. The second-order valence-corrected chi connectivity index (χ2v) is 7.22. The third-order valence-corrected chi connectivity index (χ3v) is 4.54. The second-order valence-electron chi connectivity index (χ2n) is 7.22. The molecule has 1 aromatic rings. The van der Waals surface area contributed by atoms with Gasteiger partial charge in [0.15, 0.2) is 0 Å². The summed E-state index contributed by atoms with van der Waals surface area (Å²) >= 11 is 0. The van der Waals surface area contributed by atoms with Crippen LogP contribution in [0.25, 0.3) is 0 Å². The molecule has 2 amide bonds. The molecule has 0 unspecified atom stereocenters. The van der Waals surface area contributed by atoms with Gasteiger partial charge in [-0.1, -0.05) is 26.7 Å². The normalized spacial score (nSPS) is 11.3. The highest BCUT2D eigenvalue weighted by molar-refractivity contribution is 5.99. The van der Waals surface area contributed by atoms with Gasteiger partial charge in [-0.2, -0.15) is 0 Å². The summed E-state index contributed by atoms with van der Waals surface area (Å²) in [5, 5.41) is 13.9. The number of hydrogen-bond donors (Lipinski definition) is 3. The van der Waals surface area contributed by atoms with E-state index >= 15 is 0 Å². The quantitative estimate of drug-likeness (QED) is 0.275. The molecule has 3 N–H and O–H groups in total. The van der Waals surface area contributed by atoms with E-state index in [1.165, 1.54) is 24.3 Å². The molecule has 0 aromatic heterocycles. The number of esters is 2. The first-order chi connectivity index (χ1) is 15.4. The van der Waals surface area contributed by atoms with Crippen LogP contribution in [0.4, 0.5) is 0 Å². The van der Waals surface area contributed by atoms with E-state index in [1.807, 2.05) is 13.8 Å².